The Hall–Kier alpha value is -1.07. The van der Waals surface area contributed by atoms with E-state index in [0.717, 1.165) is 9.04 Å². The number of aliphatic hydroxyl groups excluding tert-OH is 1. The molecular formula is C8H6BrNO3. The normalized spacial score (nSPS) is 10.9. The minimum Gasteiger partial charge on any atom is -0.408 e. The van der Waals surface area contributed by atoms with Crippen molar-refractivity contribution >= 4 is 27.0 Å². The average Bonchev–Trinajstić information content (AvgIpc) is 2.39. The zero-order chi connectivity index (χ0) is 9.42. The first-order valence-electron chi connectivity index (χ1n) is 3.62. The van der Waals surface area contributed by atoms with E-state index in [1.807, 2.05) is 0 Å². The Balaban J connectivity index is 2.87. The van der Waals surface area contributed by atoms with Crippen molar-refractivity contribution in [1.82, 2.24) is 4.57 Å². The number of nitrogens with zero attached hydrogens (tertiary/aromatic N) is 1. The largest absolute Gasteiger partial charge is 0.421 e. The molecule has 0 amide bonds. The lowest BCUT2D eigenvalue weighted by atomic mass is 10.3. The number of fused-ring (bicyclic) bond motifs is 1. The summed E-state index contributed by atoms with van der Waals surface area (Å²) >= 11 is 3.25. The number of aliphatic hydroxyl groups is 1. The smallest absolute Gasteiger partial charge is 0.408 e. The van der Waals surface area contributed by atoms with E-state index in [4.69, 9.17) is 9.52 Å². The number of benzene rings is 1. The second kappa shape index (κ2) is 3.01. The van der Waals surface area contributed by atoms with E-state index in [1.54, 1.807) is 18.2 Å². The van der Waals surface area contributed by atoms with Crippen LogP contribution in [-0.4, -0.2) is 9.67 Å². The molecule has 0 spiro atoms. The summed E-state index contributed by atoms with van der Waals surface area (Å²) in [4.78, 5) is 11.1. The summed E-state index contributed by atoms with van der Waals surface area (Å²) in [6.45, 7) is -0.368. The Bertz CT molecular complexity index is 500. The Morgan fingerprint density at radius 2 is 2.31 bits per heavy atom. The topological polar surface area (TPSA) is 55.4 Å². The summed E-state index contributed by atoms with van der Waals surface area (Å²) in [5.74, 6) is -0.546. The molecule has 4 nitrogen and oxygen atoms in total. The number of halogens is 1. The molecule has 1 aromatic heterocycles. The molecule has 0 unspecified atom stereocenters. The van der Waals surface area contributed by atoms with Crippen molar-refractivity contribution < 1.29 is 9.52 Å². The van der Waals surface area contributed by atoms with Crippen LogP contribution in [0.25, 0.3) is 11.1 Å². The molecule has 13 heavy (non-hydrogen) atoms. The molecule has 68 valence electrons. The van der Waals surface area contributed by atoms with Crippen molar-refractivity contribution in [3.05, 3.63) is 33.2 Å². The highest BCUT2D eigenvalue weighted by Gasteiger charge is 2.07. The maximum absolute atomic E-state index is 11.1. The van der Waals surface area contributed by atoms with E-state index in [0.29, 0.717) is 11.1 Å². The summed E-state index contributed by atoms with van der Waals surface area (Å²) in [7, 11) is 0. The van der Waals surface area contributed by atoms with Gasteiger partial charge in [-0.15, -0.1) is 0 Å². The van der Waals surface area contributed by atoms with Crippen LogP contribution in [0.2, 0.25) is 0 Å². The Kier molecular flexibility index (Phi) is 1.97. The number of oxazole rings is 1. The van der Waals surface area contributed by atoms with E-state index in [1.165, 1.54) is 0 Å². The monoisotopic (exact) mass is 243 g/mol. The predicted octanol–water partition coefficient (Wildman–Crippen LogP) is 1.31. The molecule has 0 aliphatic carbocycles. The van der Waals surface area contributed by atoms with Crippen LogP contribution < -0.4 is 5.76 Å². The fourth-order valence-electron chi connectivity index (χ4n) is 1.17. The Labute approximate surface area is 81.5 Å². The highest BCUT2D eigenvalue weighted by molar-refractivity contribution is 9.10. The number of rotatable bonds is 1. The maximum atomic E-state index is 11.1. The van der Waals surface area contributed by atoms with Crippen LogP contribution in [0.3, 0.4) is 0 Å². The number of aromatic nitrogens is 1. The minimum absolute atomic E-state index is 0.368. The van der Waals surface area contributed by atoms with Crippen LogP contribution in [0.15, 0.2) is 31.9 Å². The van der Waals surface area contributed by atoms with Crippen molar-refractivity contribution in [3.8, 4) is 0 Å². The second-order valence-electron chi connectivity index (χ2n) is 2.55. The average molecular weight is 244 g/mol. The van der Waals surface area contributed by atoms with Gasteiger partial charge < -0.3 is 9.52 Å². The van der Waals surface area contributed by atoms with Crippen LogP contribution in [0.5, 0.6) is 0 Å². The molecular weight excluding hydrogens is 238 g/mol. The molecule has 0 saturated carbocycles. The first-order valence-corrected chi connectivity index (χ1v) is 4.41. The molecule has 0 fully saturated rings. The van der Waals surface area contributed by atoms with Gasteiger partial charge >= 0.3 is 5.76 Å². The predicted molar refractivity (Wildman–Crippen MR) is 50.4 cm³/mol. The van der Waals surface area contributed by atoms with Gasteiger partial charge in [0.1, 0.15) is 6.73 Å². The van der Waals surface area contributed by atoms with E-state index in [-0.39, 0.29) is 6.73 Å². The zero-order valence-corrected chi connectivity index (χ0v) is 8.11. The standard InChI is InChI=1S/C8H6BrNO3/c9-5-1-2-6-7(3-5)13-8(12)10(6)4-11/h1-3,11H,4H2. The van der Waals surface area contributed by atoms with E-state index in [9.17, 15) is 4.79 Å². The van der Waals surface area contributed by atoms with Gasteiger partial charge in [0.25, 0.3) is 0 Å². The van der Waals surface area contributed by atoms with Crippen molar-refractivity contribution in [2.45, 2.75) is 6.73 Å². The first kappa shape index (κ1) is 8.52. The lowest BCUT2D eigenvalue weighted by Crippen LogP contribution is -2.13. The van der Waals surface area contributed by atoms with Crippen LogP contribution >= 0.6 is 15.9 Å². The molecule has 2 rings (SSSR count). The third-order valence-corrected chi connectivity index (χ3v) is 2.26. The number of hydrogen-bond acceptors (Lipinski definition) is 3. The quantitative estimate of drug-likeness (QED) is 0.822. The van der Waals surface area contributed by atoms with E-state index < -0.39 is 5.76 Å². The zero-order valence-electron chi connectivity index (χ0n) is 6.53. The van der Waals surface area contributed by atoms with Gasteiger partial charge in [0.05, 0.1) is 5.52 Å². The molecule has 1 heterocycles. The minimum atomic E-state index is -0.546. The van der Waals surface area contributed by atoms with Gasteiger partial charge in [-0.2, -0.15) is 0 Å². The van der Waals surface area contributed by atoms with Crippen molar-refractivity contribution in [2.75, 3.05) is 0 Å². The van der Waals surface area contributed by atoms with Gasteiger partial charge in [0.2, 0.25) is 0 Å². The summed E-state index contributed by atoms with van der Waals surface area (Å²) < 4.78 is 6.87. The molecule has 0 aliphatic heterocycles. The molecule has 1 aromatic carbocycles. The Morgan fingerprint density at radius 3 is 3.00 bits per heavy atom. The summed E-state index contributed by atoms with van der Waals surface area (Å²) in [6.07, 6.45) is 0. The van der Waals surface area contributed by atoms with Crippen molar-refractivity contribution in [3.63, 3.8) is 0 Å². The molecule has 0 aliphatic rings. The lowest BCUT2D eigenvalue weighted by Gasteiger charge is -1.94. The van der Waals surface area contributed by atoms with Crippen LogP contribution in [-0.2, 0) is 6.73 Å². The van der Waals surface area contributed by atoms with Gasteiger partial charge in [0.15, 0.2) is 5.58 Å². The third kappa shape index (κ3) is 1.30. The van der Waals surface area contributed by atoms with Gasteiger partial charge in [0, 0.05) is 4.47 Å². The van der Waals surface area contributed by atoms with Crippen LogP contribution in [0.4, 0.5) is 0 Å². The van der Waals surface area contributed by atoms with E-state index in [2.05, 4.69) is 15.9 Å². The molecule has 1 N–H and O–H groups in total. The highest BCUT2D eigenvalue weighted by atomic mass is 79.9. The SMILES string of the molecule is O=c1oc2cc(Br)ccc2n1CO. The van der Waals surface area contributed by atoms with Crippen LogP contribution in [0, 0.1) is 0 Å². The summed E-state index contributed by atoms with van der Waals surface area (Å²) in [5.41, 5.74) is 1.06. The molecule has 0 atom stereocenters. The molecule has 0 bridgehead atoms. The Morgan fingerprint density at radius 1 is 1.54 bits per heavy atom. The maximum Gasteiger partial charge on any atom is 0.421 e. The third-order valence-electron chi connectivity index (χ3n) is 1.77. The van der Waals surface area contributed by atoms with Crippen molar-refractivity contribution in [2.24, 2.45) is 0 Å². The fraction of sp³-hybridized carbons (Fsp3) is 0.125. The molecule has 0 saturated heterocycles. The number of hydrogen-bond donors (Lipinski definition) is 1. The van der Waals surface area contributed by atoms with Crippen molar-refractivity contribution in [1.29, 1.82) is 0 Å². The first-order chi connectivity index (χ1) is 6.22. The fourth-order valence-corrected chi connectivity index (χ4v) is 1.51. The summed E-state index contributed by atoms with van der Waals surface area (Å²) in [6, 6.07) is 5.17. The van der Waals surface area contributed by atoms with Gasteiger partial charge in [-0.25, -0.2) is 4.79 Å². The molecule has 2 aromatic rings. The molecule has 0 radical (unpaired) electrons. The molecule has 5 heteroatoms. The second-order valence-corrected chi connectivity index (χ2v) is 3.47. The summed E-state index contributed by atoms with van der Waals surface area (Å²) in [5, 5.41) is 8.87. The van der Waals surface area contributed by atoms with E-state index >= 15 is 0 Å². The lowest BCUT2D eigenvalue weighted by molar-refractivity contribution is 0.204. The van der Waals surface area contributed by atoms with Gasteiger partial charge in [-0.05, 0) is 18.2 Å². The van der Waals surface area contributed by atoms with Gasteiger partial charge in [-0.1, -0.05) is 15.9 Å². The highest BCUT2D eigenvalue weighted by Crippen LogP contribution is 2.18. The van der Waals surface area contributed by atoms with Gasteiger partial charge in [-0.3, -0.25) is 4.57 Å². The van der Waals surface area contributed by atoms with Crippen LogP contribution in [0.1, 0.15) is 0 Å².